The van der Waals surface area contributed by atoms with Crippen LogP contribution in [-0.2, 0) is 73.8 Å². The Hall–Kier alpha value is -6.88. The lowest BCUT2D eigenvalue weighted by atomic mass is 10.0. The second-order valence-electron chi connectivity index (χ2n) is 19.0. The third kappa shape index (κ3) is 12.2. The SMILES string of the molecule is CNC(=O)Cn1cc(-c2ccc(S(=O)(=O)[C@@H]3C[C@H](OC)[C@@H](C(=O)NC4(C#N)CC4)C3)c(C(F)(F)F)c2)cn1.CNC(=O)Cn1cc(-c2ccc(S(=O)(=O)[C@H]3C[C@@H](OC)[C@H](C(=O)NC4(C#N)CC4)C3)c(C(F)(F)F)c2)cn1. The zero-order valence-electron chi connectivity index (χ0n) is 41.2. The summed E-state index contributed by atoms with van der Waals surface area (Å²) in [5.41, 5.74) is -3.93. The van der Waals surface area contributed by atoms with Crippen LogP contribution in [0.3, 0.4) is 0 Å². The number of hydrogen-bond donors (Lipinski definition) is 4. The highest BCUT2D eigenvalue weighted by Gasteiger charge is 2.53. The molecule has 0 saturated heterocycles. The van der Waals surface area contributed by atoms with E-state index in [4.69, 9.17) is 9.47 Å². The van der Waals surface area contributed by atoms with Crippen LogP contribution in [0.2, 0.25) is 0 Å². The highest BCUT2D eigenvalue weighted by atomic mass is 32.2. The van der Waals surface area contributed by atoms with Crippen LogP contribution < -0.4 is 21.3 Å². The second kappa shape index (κ2) is 21.6. The van der Waals surface area contributed by atoms with E-state index >= 15 is 0 Å². The second-order valence-corrected chi connectivity index (χ2v) is 23.4. The molecule has 2 heterocycles. The fraction of sp³-hybridized carbons (Fsp3) is 0.500. The van der Waals surface area contributed by atoms with Crippen molar-refractivity contribution >= 4 is 43.3 Å². The Balaban J connectivity index is 0.000000221. The molecule has 20 nitrogen and oxygen atoms in total. The Morgan fingerprint density at radius 3 is 1.28 bits per heavy atom. The number of aromatic nitrogens is 4. The Bertz CT molecular complexity index is 3000. The molecule has 0 bridgehead atoms. The van der Waals surface area contributed by atoms with Crippen molar-refractivity contribution in [1.29, 1.82) is 10.5 Å². The number of nitriles is 2. The van der Waals surface area contributed by atoms with Crippen LogP contribution >= 0.6 is 0 Å². The lowest BCUT2D eigenvalue weighted by molar-refractivity contribution is -0.140. The smallest absolute Gasteiger partial charge is 0.381 e. The number of carbonyl (C=O) groups excluding carboxylic acids is 4. The minimum Gasteiger partial charge on any atom is -0.381 e. The van der Waals surface area contributed by atoms with E-state index in [0.717, 1.165) is 24.3 Å². The summed E-state index contributed by atoms with van der Waals surface area (Å²) in [4.78, 5) is 46.9. The summed E-state index contributed by atoms with van der Waals surface area (Å²) in [6, 6.07) is 9.85. The van der Waals surface area contributed by atoms with E-state index in [1.165, 1.54) is 74.6 Å². The number of methoxy groups -OCH3 is 2. The summed E-state index contributed by atoms with van der Waals surface area (Å²) in [6.45, 7) is -0.274. The van der Waals surface area contributed by atoms with E-state index < -0.39 is 110 Å². The minimum absolute atomic E-state index is 0.0733. The van der Waals surface area contributed by atoms with Crippen LogP contribution in [0.15, 0.2) is 71.0 Å². The summed E-state index contributed by atoms with van der Waals surface area (Å²) in [7, 11) is -3.58. The molecule has 0 spiro atoms. The molecule has 2 aromatic heterocycles. The van der Waals surface area contributed by atoms with E-state index in [2.05, 4.69) is 31.5 Å². The van der Waals surface area contributed by atoms with Gasteiger partial charge in [0.05, 0.1) is 80.0 Å². The predicted molar refractivity (Wildman–Crippen MR) is 254 cm³/mol. The van der Waals surface area contributed by atoms with E-state index in [0.29, 0.717) is 25.7 Å². The molecule has 8 rings (SSSR count). The third-order valence-electron chi connectivity index (χ3n) is 14.0. The fourth-order valence-corrected chi connectivity index (χ4v) is 13.3. The molecule has 76 heavy (non-hydrogen) atoms. The summed E-state index contributed by atoms with van der Waals surface area (Å²) < 4.78 is 152. The average Bonchev–Trinajstić information content (AvgIpc) is 3.93. The largest absolute Gasteiger partial charge is 0.417 e. The number of likely N-dealkylation sites (N-methyl/N-ethyl adjacent to an activating group) is 2. The number of rotatable bonds is 16. The van der Waals surface area contributed by atoms with Gasteiger partial charge in [-0.25, -0.2) is 16.8 Å². The van der Waals surface area contributed by atoms with Crippen molar-refractivity contribution in [2.24, 2.45) is 11.8 Å². The molecule has 6 atom stereocenters. The van der Waals surface area contributed by atoms with Crippen LogP contribution in [0.5, 0.6) is 0 Å². The number of carbonyl (C=O) groups is 4. The molecule has 408 valence electrons. The lowest BCUT2D eigenvalue weighted by Crippen LogP contribution is -2.42. The van der Waals surface area contributed by atoms with Crippen LogP contribution in [0.1, 0.15) is 62.5 Å². The van der Waals surface area contributed by atoms with Crippen molar-refractivity contribution in [3.63, 3.8) is 0 Å². The van der Waals surface area contributed by atoms with Crippen LogP contribution in [0.4, 0.5) is 26.3 Å². The van der Waals surface area contributed by atoms with Crippen LogP contribution in [0.25, 0.3) is 22.3 Å². The van der Waals surface area contributed by atoms with Gasteiger partial charge in [0.25, 0.3) is 0 Å². The molecule has 4 N–H and O–H groups in total. The van der Waals surface area contributed by atoms with Crippen molar-refractivity contribution in [2.45, 2.75) is 120 Å². The standard InChI is InChI=1S/2C24H26F3N5O5S/c2*1-29-21(33)12-32-11-15(10-30-32)14-3-4-20(18(7-14)24(25,26)27)38(35,36)16-8-17(19(9-16)37-2)22(34)31-23(13-28)5-6-23/h2*3-4,7,10-11,16-17,19H,5-6,8-9,12H2,1-2H3,(H,29,33)(H,31,34)/t2*16-,17-,19-/m10/s1. The van der Waals surface area contributed by atoms with Gasteiger partial charge in [-0.2, -0.15) is 47.1 Å². The van der Waals surface area contributed by atoms with Gasteiger partial charge in [-0.05, 0) is 86.8 Å². The Labute approximate surface area is 432 Å². The Morgan fingerprint density at radius 1 is 0.632 bits per heavy atom. The molecular formula is C48H52F6N10O10S2. The molecule has 0 aliphatic heterocycles. The quantitative estimate of drug-likeness (QED) is 0.115. The van der Waals surface area contributed by atoms with Crippen molar-refractivity contribution in [3.8, 4) is 34.4 Å². The van der Waals surface area contributed by atoms with Gasteiger partial charge in [0, 0.05) is 51.8 Å². The number of nitrogens with one attached hydrogen (secondary N) is 4. The topological polar surface area (TPSA) is 286 Å². The zero-order valence-corrected chi connectivity index (χ0v) is 42.8. The van der Waals surface area contributed by atoms with Gasteiger partial charge in [0.1, 0.15) is 24.2 Å². The third-order valence-corrected chi connectivity index (χ3v) is 18.5. The maximum Gasteiger partial charge on any atom is 0.417 e. The molecule has 0 unspecified atom stereocenters. The number of ether oxygens (including phenoxy) is 2. The highest BCUT2D eigenvalue weighted by Crippen LogP contribution is 2.45. The minimum atomic E-state index is -4.99. The number of amides is 4. The maximum absolute atomic E-state index is 14.1. The Kier molecular flexibility index (Phi) is 16.2. The van der Waals surface area contributed by atoms with Gasteiger partial charge in [0.15, 0.2) is 19.7 Å². The van der Waals surface area contributed by atoms with Crippen molar-refractivity contribution in [2.75, 3.05) is 28.3 Å². The van der Waals surface area contributed by atoms with Gasteiger partial charge >= 0.3 is 12.4 Å². The molecule has 2 aromatic carbocycles. The summed E-state index contributed by atoms with van der Waals surface area (Å²) >= 11 is 0. The maximum atomic E-state index is 14.1. The molecular weight excluding hydrogens is 1050 g/mol. The number of nitrogens with zero attached hydrogens (tertiary/aromatic N) is 6. The molecule has 28 heteroatoms. The van der Waals surface area contributed by atoms with Crippen molar-refractivity contribution in [3.05, 3.63) is 72.3 Å². The predicted octanol–water partition coefficient (Wildman–Crippen LogP) is 4.11. The lowest BCUT2D eigenvalue weighted by Gasteiger charge is -2.19. The number of alkyl halides is 6. The first-order valence-electron chi connectivity index (χ1n) is 23.6. The van der Waals surface area contributed by atoms with Gasteiger partial charge in [-0.3, -0.25) is 28.5 Å². The van der Waals surface area contributed by atoms with Gasteiger partial charge in [-0.1, -0.05) is 12.1 Å². The summed E-state index contributed by atoms with van der Waals surface area (Å²) in [6.07, 6.45) is -5.19. The van der Waals surface area contributed by atoms with Crippen LogP contribution in [-0.4, -0.2) is 122 Å². The van der Waals surface area contributed by atoms with E-state index in [-0.39, 0.29) is 72.8 Å². The number of sulfone groups is 2. The molecule has 0 radical (unpaired) electrons. The molecule has 4 saturated carbocycles. The zero-order chi connectivity index (χ0) is 55.8. The summed E-state index contributed by atoms with van der Waals surface area (Å²) in [5, 5.41) is 33.9. The van der Waals surface area contributed by atoms with Gasteiger partial charge in [0.2, 0.25) is 23.6 Å². The number of halogens is 6. The van der Waals surface area contributed by atoms with Gasteiger partial charge < -0.3 is 30.7 Å². The molecule has 4 aromatic rings. The molecule has 4 amide bonds. The monoisotopic (exact) mass is 1110 g/mol. The highest BCUT2D eigenvalue weighted by molar-refractivity contribution is 7.92. The molecule has 4 fully saturated rings. The first kappa shape index (κ1) is 56.8. The van der Waals surface area contributed by atoms with E-state index in [9.17, 15) is 72.9 Å². The number of benzene rings is 2. The molecule has 4 aliphatic carbocycles. The normalized spacial score (nSPS) is 22.5. The summed E-state index contributed by atoms with van der Waals surface area (Å²) in [5.74, 6) is -3.65. The van der Waals surface area contributed by atoms with Crippen molar-refractivity contribution in [1.82, 2.24) is 40.8 Å². The Morgan fingerprint density at radius 2 is 0.987 bits per heavy atom. The fourth-order valence-electron chi connectivity index (χ4n) is 9.29. The first-order chi connectivity index (χ1) is 35.7. The van der Waals surface area contributed by atoms with E-state index in [1.54, 1.807) is 0 Å². The van der Waals surface area contributed by atoms with E-state index in [1.807, 2.05) is 12.1 Å². The number of hydrogen-bond acceptors (Lipinski definition) is 14. The van der Waals surface area contributed by atoms with Crippen molar-refractivity contribution < 1.29 is 71.8 Å². The van der Waals surface area contributed by atoms with Crippen LogP contribution in [0, 0.1) is 34.5 Å². The average molecular weight is 1110 g/mol. The van der Waals surface area contributed by atoms with Gasteiger partial charge in [-0.15, -0.1) is 0 Å². The molecule has 4 aliphatic rings. The first-order valence-corrected chi connectivity index (χ1v) is 26.7.